The molecule has 1 aliphatic rings. The standard InChI is InChI=1S/C17H36N2/c1-14(2)11-19(12-15(3)4)17(13-18)9-7-16(5,6)8-10-17/h14-15H,7-13,18H2,1-6H3. The summed E-state index contributed by atoms with van der Waals surface area (Å²) in [5.41, 5.74) is 7.02. The van der Waals surface area contributed by atoms with E-state index in [0.717, 1.165) is 18.4 Å². The molecule has 0 bridgehead atoms. The Morgan fingerprint density at radius 3 is 1.63 bits per heavy atom. The highest BCUT2D eigenvalue weighted by atomic mass is 15.2. The van der Waals surface area contributed by atoms with Gasteiger partial charge in [0, 0.05) is 25.2 Å². The summed E-state index contributed by atoms with van der Waals surface area (Å²) in [7, 11) is 0. The average Bonchev–Trinajstić information content (AvgIpc) is 2.28. The highest BCUT2D eigenvalue weighted by Gasteiger charge is 2.41. The van der Waals surface area contributed by atoms with Crippen LogP contribution >= 0.6 is 0 Å². The minimum Gasteiger partial charge on any atom is -0.329 e. The maximum Gasteiger partial charge on any atom is 0.0332 e. The molecule has 0 saturated heterocycles. The third kappa shape index (κ3) is 4.75. The van der Waals surface area contributed by atoms with Gasteiger partial charge in [-0.15, -0.1) is 0 Å². The van der Waals surface area contributed by atoms with E-state index in [4.69, 9.17) is 5.73 Å². The SMILES string of the molecule is CC(C)CN(CC(C)C)C1(CN)CCC(C)(C)CC1. The van der Waals surface area contributed by atoms with E-state index in [0.29, 0.717) is 5.41 Å². The second-order valence-corrected chi connectivity index (χ2v) is 8.29. The first-order chi connectivity index (χ1) is 8.71. The maximum atomic E-state index is 6.24. The first-order valence-corrected chi connectivity index (χ1v) is 8.16. The van der Waals surface area contributed by atoms with E-state index in [1.807, 2.05) is 0 Å². The quantitative estimate of drug-likeness (QED) is 0.791. The molecule has 0 unspecified atom stereocenters. The molecule has 1 rings (SSSR count). The van der Waals surface area contributed by atoms with Gasteiger partial charge in [-0.1, -0.05) is 41.5 Å². The summed E-state index contributed by atoms with van der Waals surface area (Å²) >= 11 is 0. The normalized spacial score (nSPS) is 22.4. The second-order valence-electron chi connectivity index (χ2n) is 8.29. The first kappa shape index (κ1) is 17.0. The van der Waals surface area contributed by atoms with Crippen LogP contribution in [0.1, 0.15) is 67.2 Å². The van der Waals surface area contributed by atoms with Crippen LogP contribution in [0.3, 0.4) is 0 Å². The zero-order valence-electron chi connectivity index (χ0n) is 14.1. The van der Waals surface area contributed by atoms with Crippen molar-refractivity contribution < 1.29 is 0 Å². The molecule has 0 heterocycles. The molecule has 0 aromatic heterocycles. The summed E-state index contributed by atoms with van der Waals surface area (Å²) in [6.45, 7) is 17.3. The largest absolute Gasteiger partial charge is 0.329 e. The Morgan fingerprint density at radius 1 is 0.895 bits per heavy atom. The summed E-state index contributed by atoms with van der Waals surface area (Å²) in [5.74, 6) is 1.44. The second kappa shape index (κ2) is 6.58. The zero-order valence-corrected chi connectivity index (χ0v) is 14.1. The zero-order chi connectivity index (χ0) is 14.7. The lowest BCUT2D eigenvalue weighted by Crippen LogP contribution is -2.58. The Balaban J connectivity index is 2.83. The number of nitrogens with two attached hydrogens (primary N) is 1. The van der Waals surface area contributed by atoms with Gasteiger partial charge in [0.05, 0.1) is 0 Å². The molecule has 0 atom stereocenters. The lowest BCUT2D eigenvalue weighted by molar-refractivity contribution is 0.00790. The van der Waals surface area contributed by atoms with Crippen LogP contribution in [0, 0.1) is 17.3 Å². The number of hydrogen-bond acceptors (Lipinski definition) is 2. The molecule has 0 aromatic carbocycles. The molecule has 0 spiro atoms. The number of nitrogens with zero attached hydrogens (tertiary/aromatic N) is 1. The smallest absolute Gasteiger partial charge is 0.0332 e. The van der Waals surface area contributed by atoms with E-state index in [1.54, 1.807) is 0 Å². The van der Waals surface area contributed by atoms with Gasteiger partial charge in [0.2, 0.25) is 0 Å². The third-order valence-electron chi connectivity index (χ3n) is 4.76. The van der Waals surface area contributed by atoms with Crippen LogP contribution < -0.4 is 5.73 Å². The predicted molar refractivity (Wildman–Crippen MR) is 85.3 cm³/mol. The summed E-state index contributed by atoms with van der Waals surface area (Å²) in [6, 6.07) is 0. The minimum absolute atomic E-state index is 0.268. The van der Waals surface area contributed by atoms with Crippen molar-refractivity contribution in [3.8, 4) is 0 Å². The van der Waals surface area contributed by atoms with Crippen LogP contribution in [0.25, 0.3) is 0 Å². The van der Waals surface area contributed by atoms with Crippen LogP contribution in [0.15, 0.2) is 0 Å². The van der Waals surface area contributed by atoms with E-state index in [1.165, 1.54) is 38.8 Å². The summed E-state index contributed by atoms with van der Waals surface area (Å²) in [4.78, 5) is 2.72. The highest BCUT2D eigenvalue weighted by molar-refractivity contribution is 4.98. The van der Waals surface area contributed by atoms with Crippen LogP contribution in [0.4, 0.5) is 0 Å². The third-order valence-corrected chi connectivity index (χ3v) is 4.76. The van der Waals surface area contributed by atoms with Gasteiger partial charge >= 0.3 is 0 Å². The fraction of sp³-hybridized carbons (Fsp3) is 1.00. The molecule has 1 fully saturated rings. The van der Waals surface area contributed by atoms with Crippen molar-refractivity contribution >= 4 is 0 Å². The van der Waals surface area contributed by atoms with Crippen molar-refractivity contribution in [2.75, 3.05) is 19.6 Å². The van der Waals surface area contributed by atoms with Crippen LogP contribution in [-0.4, -0.2) is 30.1 Å². The molecular weight excluding hydrogens is 232 g/mol. The topological polar surface area (TPSA) is 29.3 Å². The highest BCUT2D eigenvalue weighted by Crippen LogP contribution is 2.43. The Morgan fingerprint density at radius 2 is 1.32 bits per heavy atom. The van der Waals surface area contributed by atoms with Crippen molar-refractivity contribution in [3.63, 3.8) is 0 Å². The van der Waals surface area contributed by atoms with Gasteiger partial charge in [-0.05, 0) is 42.9 Å². The molecule has 2 nitrogen and oxygen atoms in total. The van der Waals surface area contributed by atoms with Crippen molar-refractivity contribution in [2.24, 2.45) is 23.0 Å². The fourth-order valence-corrected chi connectivity index (χ4v) is 3.38. The molecular formula is C17H36N2. The molecule has 0 amide bonds. The summed E-state index contributed by atoms with van der Waals surface area (Å²) in [6.07, 6.45) is 5.18. The van der Waals surface area contributed by atoms with Gasteiger partial charge in [0.25, 0.3) is 0 Å². The van der Waals surface area contributed by atoms with Crippen LogP contribution in [0.5, 0.6) is 0 Å². The molecule has 0 radical (unpaired) electrons. The van der Waals surface area contributed by atoms with Gasteiger partial charge < -0.3 is 5.73 Å². The van der Waals surface area contributed by atoms with Gasteiger partial charge in [0.15, 0.2) is 0 Å². The average molecular weight is 268 g/mol. The molecule has 114 valence electrons. The fourth-order valence-electron chi connectivity index (χ4n) is 3.38. The van der Waals surface area contributed by atoms with E-state index in [-0.39, 0.29) is 5.54 Å². The molecule has 1 saturated carbocycles. The lowest BCUT2D eigenvalue weighted by atomic mass is 9.68. The molecule has 0 aliphatic heterocycles. The van der Waals surface area contributed by atoms with Crippen LogP contribution in [0.2, 0.25) is 0 Å². The van der Waals surface area contributed by atoms with E-state index in [9.17, 15) is 0 Å². The van der Waals surface area contributed by atoms with Gasteiger partial charge in [0.1, 0.15) is 0 Å². The van der Waals surface area contributed by atoms with E-state index in [2.05, 4.69) is 46.4 Å². The summed E-state index contributed by atoms with van der Waals surface area (Å²) < 4.78 is 0. The molecule has 2 N–H and O–H groups in total. The number of rotatable bonds is 6. The Bertz CT molecular complexity index is 248. The van der Waals surface area contributed by atoms with Crippen molar-refractivity contribution in [1.82, 2.24) is 4.90 Å². The summed E-state index contributed by atoms with van der Waals surface area (Å²) in [5, 5.41) is 0. The van der Waals surface area contributed by atoms with E-state index >= 15 is 0 Å². The first-order valence-electron chi connectivity index (χ1n) is 8.16. The number of hydrogen-bond donors (Lipinski definition) is 1. The van der Waals surface area contributed by atoms with Gasteiger partial charge in [-0.3, -0.25) is 4.90 Å². The Hall–Kier alpha value is -0.0800. The van der Waals surface area contributed by atoms with Gasteiger partial charge in [-0.2, -0.15) is 0 Å². The van der Waals surface area contributed by atoms with Crippen LogP contribution in [-0.2, 0) is 0 Å². The Labute approximate surface area is 121 Å². The van der Waals surface area contributed by atoms with Crippen molar-refractivity contribution in [3.05, 3.63) is 0 Å². The minimum atomic E-state index is 0.268. The maximum absolute atomic E-state index is 6.24. The monoisotopic (exact) mass is 268 g/mol. The van der Waals surface area contributed by atoms with Crippen molar-refractivity contribution in [1.29, 1.82) is 0 Å². The van der Waals surface area contributed by atoms with E-state index < -0.39 is 0 Å². The molecule has 2 heteroatoms. The molecule has 1 aliphatic carbocycles. The predicted octanol–water partition coefficient (Wildman–Crippen LogP) is 3.90. The lowest BCUT2D eigenvalue weighted by Gasteiger charge is -2.51. The Kier molecular flexibility index (Phi) is 5.88. The van der Waals surface area contributed by atoms with Crippen molar-refractivity contribution in [2.45, 2.75) is 72.8 Å². The van der Waals surface area contributed by atoms with Gasteiger partial charge in [-0.25, -0.2) is 0 Å². The molecule has 19 heavy (non-hydrogen) atoms. The molecule has 0 aromatic rings.